The zero-order chi connectivity index (χ0) is 10.5. The lowest BCUT2D eigenvalue weighted by atomic mass is 10.1. The van der Waals surface area contributed by atoms with Gasteiger partial charge in [-0.15, -0.1) is 0 Å². The fraction of sp³-hybridized carbons (Fsp3) is 0.200. The smallest absolute Gasteiger partial charge is 0.345 e. The number of cyclic esters (lactones) is 2. The minimum atomic E-state index is -1.14. The molecule has 0 bridgehead atoms. The zero-order valence-corrected chi connectivity index (χ0v) is 8.37. The van der Waals surface area contributed by atoms with Crippen LogP contribution in [-0.4, -0.2) is 23.3 Å². The predicted octanol–water partition coefficient (Wildman–Crippen LogP) is 0.993. The van der Waals surface area contributed by atoms with Gasteiger partial charge in [0.1, 0.15) is 12.4 Å². The Labute approximate surface area is 89.6 Å². The van der Waals surface area contributed by atoms with E-state index in [0.29, 0.717) is 5.75 Å². The van der Waals surface area contributed by atoms with Gasteiger partial charge in [-0.1, -0.05) is 23.9 Å². The van der Waals surface area contributed by atoms with Gasteiger partial charge in [0, 0.05) is 0 Å². The standard InChI is InChI=1S/C10H6O4S/c11-8-10(9(12)14-8)5-13-6-3-1-2-4-7(6)15-10/h1-4H,5H2. The lowest BCUT2D eigenvalue weighted by molar-refractivity contribution is -0.181. The Hall–Kier alpha value is -1.49. The van der Waals surface area contributed by atoms with Crippen LogP contribution in [0.15, 0.2) is 29.2 Å². The minimum absolute atomic E-state index is 0.0619. The van der Waals surface area contributed by atoms with Gasteiger partial charge in [-0.2, -0.15) is 0 Å². The molecule has 0 N–H and O–H groups in total. The molecule has 2 aliphatic rings. The Morgan fingerprint density at radius 3 is 2.67 bits per heavy atom. The van der Waals surface area contributed by atoms with Crippen LogP contribution in [0.5, 0.6) is 5.75 Å². The van der Waals surface area contributed by atoms with Gasteiger partial charge >= 0.3 is 11.9 Å². The van der Waals surface area contributed by atoms with E-state index in [9.17, 15) is 9.59 Å². The summed E-state index contributed by atoms with van der Waals surface area (Å²) >= 11 is 1.21. The largest absolute Gasteiger partial charge is 0.490 e. The number of esters is 2. The molecule has 0 aliphatic carbocycles. The first kappa shape index (κ1) is 8.79. The van der Waals surface area contributed by atoms with Crippen LogP contribution >= 0.6 is 11.8 Å². The van der Waals surface area contributed by atoms with E-state index >= 15 is 0 Å². The summed E-state index contributed by atoms with van der Waals surface area (Å²) < 4.78 is 8.60. The molecule has 1 fully saturated rings. The third kappa shape index (κ3) is 1.04. The van der Waals surface area contributed by atoms with Gasteiger partial charge in [-0.25, -0.2) is 9.59 Å². The van der Waals surface area contributed by atoms with E-state index in [4.69, 9.17) is 4.74 Å². The molecule has 1 spiro atoms. The van der Waals surface area contributed by atoms with Crippen LogP contribution in [0, 0.1) is 0 Å². The van der Waals surface area contributed by atoms with Gasteiger partial charge in [0.25, 0.3) is 0 Å². The number of rotatable bonds is 0. The van der Waals surface area contributed by atoms with Crippen molar-refractivity contribution in [1.82, 2.24) is 0 Å². The molecule has 3 rings (SSSR count). The fourth-order valence-corrected chi connectivity index (χ4v) is 2.65. The Morgan fingerprint density at radius 1 is 1.20 bits per heavy atom. The second-order valence-electron chi connectivity index (χ2n) is 3.34. The highest BCUT2D eigenvalue weighted by atomic mass is 32.2. The molecule has 15 heavy (non-hydrogen) atoms. The summed E-state index contributed by atoms with van der Waals surface area (Å²) in [6.07, 6.45) is 0. The first-order valence-corrected chi connectivity index (χ1v) is 5.21. The summed E-state index contributed by atoms with van der Waals surface area (Å²) in [6.45, 7) is 0.0619. The molecule has 0 saturated carbocycles. The molecule has 2 heterocycles. The summed E-state index contributed by atoms with van der Waals surface area (Å²) in [6, 6.07) is 7.31. The van der Waals surface area contributed by atoms with E-state index in [1.54, 1.807) is 0 Å². The van der Waals surface area contributed by atoms with Crippen LogP contribution in [-0.2, 0) is 14.3 Å². The number of fused-ring (bicyclic) bond motifs is 1. The minimum Gasteiger partial charge on any atom is -0.490 e. The number of benzene rings is 1. The monoisotopic (exact) mass is 222 g/mol. The average Bonchev–Trinajstić information content (AvgIpc) is 2.29. The van der Waals surface area contributed by atoms with Gasteiger partial charge in [0.15, 0.2) is 0 Å². The molecule has 0 radical (unpaired) electrons. The van der Waals surface area contributed by atoms with Gasteiger partial charge in [-0.05, 0) is 12.1 Å². The number of hydrogen-bond donors (Lipinski definition) is 0. The van der Waals surface area contributed by atoms with Crippen molar-refractivity contribution in [3.63, 3.8) is 0 Å². The third-order valence-corrected chi connectivity index (χ3v) is 3.77. The summed E-state index contributed by atoms with van der Waals surface area (Å²) in [5.41, 5.74) is 0. The van der Waals surface area contributed by atoms with E-state index < -0.39 is 16.7 Å². The Balaban J connectivity index is 2.02. The molecule has 1 aromatic rings. The van der Waals surface area contributed by atoms with Crippen molar-refractivity contribution < 1.29 is 19.1 Å². The molecule has 4 nitrogen and oxygen atoms in total. The second kappa shape index (κ2) is 2.76. The molecule has 0 aromatic heterocycles. The first-order valence-electron chi connectivity index (χ1n) is 4.40. The van der Waals surface area contributed by atoms with Crippen molar-refractivity contribution in [2.45, 2.75) is 9.64 Å². The summed E-state index contributed by atoms with van der Waals surface area (Å²) in [5, 5.41) is 0. The molecular formula is C10H6O4S. The van der Waals surface area contributed by atoms with Crippen LogP contribution in [0.4, 0.5) is 0 Å². The highest BCUT2D eigenvalue weighted by Gasteiger charge is 2.62. The molecule has 1 saturated heterocycles. The van der Waals surface area contributed by atoms with Crippen LogP contribution in [0.2, 0.25) is 0 Å². The SMILES string of the molecule is O=C1OC(=O)C12COc1ccccc1S2. The third-order valence-electron chi connectivity index (χ3n) is 2.41. The van der Waals surface area contributed by atoms with Crippen LogP contribution in [0.3, 0.4) is 0 Å². The van der Waals surface area contributed by atoms with Crippen LogP contribution in [0.25, 0.3) is 0 Å². The van der Waals surface area contributed by atoms with E-state index in [1.165, 1.54) is 11.8 Å². The maximum absolute atomic E-state index is 11.3. The fourth-order valence-electron chi connectivity index (χ4n) is 1.54. The van der Waals surface area contributed by atoms with Gasteiger partial charge < -0.3 is 9.47 Å². The Kier molecular flexibility index (Phi) is 1.62. The lowest BCUT2D eigenvalue weighted by Gasteiger charge is -2.38. The summed E-state index contributed by atoms with van der Waals surface area (Å²) in [7, 11) is 0. The number of thioether (sulfide) groups is 1. The van der Waals surface area contributed by atoms with Crippen LogP contribution in [0.1, 0.15) is 0 Å². The molecule has 0 atom stereocenters. The Bertz CT molecular complexity index is 454. The predicted molar refractivity (Wildman–Crippen MR) is 51.6 cm³/mol. The quantitative estimate of drug-likeness (QED) is 0.484. The highest BCUT2D eigenvalue weighted by molar-refractivity contribution is 8.02. The number of hydrogen-bond acceptors (Lipinski definition) is 5. The molecule has 76 valence electrons. The topological polar surface area (TPSA) is 52.6 Å². The molecule has 1 aromatic carbocycles. The maximum atomic E-state index is 11.3. The molecule has 0 amide bonds. The van der Waals surface area contributed by atoms with Crippen molar-refractivity contribution in [1.29, 1.82) is 0 Å². The van der Waals surface area contributed by atoms with Crippen LogP contribution < -0.4 is 4.74 Å². The van der Waals surface area contributed by atoms with Crippen molar-refractivity contribution in [2.24, 2.45) is 0 Å². The number of ether oxygens (including phenoxy) is 2. The number of para-hydroxylation sites is 1. The molecular weight excluding hydrogens is 216 g/mol. The second-order valence-corrected chi connectivity index (χ2v) is 4.68. The first-order chi connectivity index (χ1) is 7.22. The molecule has 0 unspecified atom stereocenters. The van der Waals surface area contributed by atoms with E-state index in [1.807, 2.05) is 24.3 Å². The van der Waals surface area contributed by atoms with Crippen molar-refractivity contribution in [2.75, 3.05) is 6.61 Å². The molecule has 5 heteroatoms. The van der Waals surface area contributed by atoms with Gasteiger partial charge in [0.05, 0.1) is 4.90 Å². The maximum Gasteiger partial charge on any atom is 0.345 e. The van der Waals surface area contributed by atoms with E-state index in [2.05, 4.69) is 4.74 Å². The van der Waals surface area contributed by atoms with Gasteiger partial charge in [0.2, 0.25) is 4.75 Å². The van der Waals surface area contributed by atoms with Crippen molar-refractivity contribution in [3.8, 4) is 5.75 Å². The zero-order valence-electron chi connectivity index (χ0n) is 7.56. The summed E-state index contributed by atoms with van der Waals surface area (Å²) in [5.74, 6) is -0.306. The average molecular weight is 222 g/mol. The van der Waals surface area contributed by atoms with E-state index in [-0.39, 0.29) is 6.61 Å². The normalized spacial score (nSPS) is 21.3. The Morgan fingerprint density at radius 2 is 1.93 bits per heavy atom. The van der Waals surface area contributed by atoms with Crippen molar-refractivity contribution in [3.05, 3.63) is 24.3 Å². The highest BCUT2D eigenvalue weighted by Crippen LogP contribution is 2.47. The molecule has 2 aliphatic heterocycles. The van der Waals surface area contributed by atoms with Crippen molar-refractivity contribution >= 4 is 23.7 Å². The summed E-state index contributed by atoms with van der Waals surface area (Å²) in [4.78, 5) is 23.4. The van der Waals surface area contributed by atoms with Gasteiger partial charge in [-0.3, -0.25) is 0 Å². The number of carbonyl (C=O) groups excluding carboxylic acids is 2. The lowest BCUT2D eigenvalue weighted by Crippen LogP contribution is -2.61. The number of carbonyl (C=O) groups is 2. The van der Waals surface area contributed by atoms with E-state index in [0.717, 1.165) is 4.90 Å².